The van der Waals surface area contributed by atoms with Gasteiger partial charge in [-0.1, -0.05) is 60.7 Å². The summed E-state index contributed by atoms with van der Waals surface area (Å²) in [5.41, 5.74) is 4.84. The molecule has 1 heterocycles. The van der Waals surface area contributed by atoms with Gasteiger partial charge >= 0.3 is 5.97 Å². The zero-order valence-electron chi connectivity index (χ0n) is 17.8. The molecule has 0 radical (unpaired) electrons. The summed E-state index contributed by atoms with van der Waals surface area (Å²) in [6.07, 6.45) is 4.40. The van der Waals surface area contributed by atoms with Gasteiger partial charge in [-0.25, -0.2) is 9.78 Å². The fourth-order valence-corrected chi connectivity index (χ4v) is 3.35. The lowest BCUT2D eigenvalue weighted by Gasteiger charge is -2.15. The molecule has 6 heteroatoms. The Morgan fingerprint density at radius 2 is 1.65 bits per heavy atom. The van der Waals surface area contributed by atoms with Crippen LogP contribution in [-0.2, 0) is 16.0 Å². The van der Waals surface area contributed by atoms with Gasteiger partial charge in [0.1, 0.15) is 6.61 Å². The lowest BCUT2D eigenvalue weighted by molar-refractivity contribution is -0.142. The Hall–Kier alpha value is -3.09. The van der Waals surface area contributed by atoms with Crippen LogP contribution in [0.3, 0.4) is 0 Å². The van der Waals surface area contributed by atoms with Gasteiger partial charge in [0.15, 0.2) is 0 Å². The number of aromatic nitrogens is 2. The summed E-state index contributed by atoms with van der Waals surface area (Å²) in [4.78, 5) is 20.2. The van der Waals surface area contributed by atoms with E-state index in [4.69, 9.17) is 19.8 Å². The molecule has 0 spiro atoms. The topological polar surface area (TPSA) is 84.3 Å². The summed E-state index contributed by atoms with van der Waals surface area (Å²) < 4.78 is 5.06. The van der Waals surface area contributed by atoms with E-state index in [0.29, 0.717) is 6.61 Å². The minimum Gasteiger partial charge on any atom is -0.480 e. The minimum atomic E-state index is -0.930. The number of benzene rings is 2. The van der Waals surface area contributed by atoms with Crippen molar-refractivity contribution >= 4 is 5.97 Å². The molecule has 1 unspecified atom stereocenters. The normalized spacial score (nSPS) is 11.9. The number of carboxylic acids is 1. The molecule has 0 aliphatic carbocycles. The third-order valence-electron chi connectivity index (χ3n) is 4.87. The first-order valence-electron chi connectivity index (χ1n) is 10.6. The summed E-state index contributed by atoms with van der Waals surface area (Å²) in [5, 5.41) is 12.1. The Kier molecular flexibility index (Phi) is 8.70. The van der Waals surface area contributed by atoms with E-state index in [1.807, 2.05) is 42.6 Å². The summed E-state index contributed by atoms with van der Waals surface area (Å²) >= 11 is 0. The largest absolute Gasteiger partial charge is 0.480 e. The van der Waals surface area contributed by atoms with Crippen LogP contribution in [0, 0.1) is 0 Å². The quantitative estimate of drug-likeness (QED) is 0.428. The molecule has 3 aromatic rings. The van der Waals surface area contributed by atoms with Crippen LogP contribution >= 0.6 is 0 Å². The predicted octanol–water partition coefficient (Wildman–Crippen LogP) is 4.21. The Balaban J connectivity index is 1.61. The fraction of sp³-hybridized carbons (Fsp3) is 0.320. The molecular weight excluding hydrogens is 390 g/mol. The van der Waals surface area contributed by atoms with Gasteiger partial charge in [0.2, 0.25) is 0 Å². The SMILES string of the molecule is CC(Cc1cnc(-c2ccccc2)c(-c2ccccc2)n1)NCCCCOCC(=O)O. The van der Waals surface area contributed by atoms with Crippen LogP contribution in [0.1, 0.15) is 25.5 Å². The van der Waals surface area contributed by atoms with Crippen LogP contribution in [0.25, 0.3) is 22.5 Å². The molecule has 1 aromatic heterocycles. The van der Waals surface area contributed by atoms with Crippen molar-refractivity contribution in [3.05, 3.63) is 72.6 Å². The Morgan fingerprint density at radius 1 is 1.00 bits per heavy atom. The summed E-state index contributed by atoms with van der Waals surface area (Å²) in [6.45, 7) is 3.22. The molecule has 1 atom stereocenters. The van der Waals surface area contributed by atoms with Crippen molar-refractivity contribution < 1.29 is 14.6 Å². The molecule has 162 valence electrons. The van der Waals surface area contributed by atoms with Crippen molar-refractivity contribution in [2.45, 2.75) is 32.2 Å². The van der Waals surface area contributed by atoms with Gasteiger partial charge in [0.05, 0.1) is 17.1 Å². The fourth-order valence-electron chi connectivity index (χ4n) is 3.35. The standard InChI is InChI=1S/C25H29N3O3/c1-19(26-14-8-9-15-31-18-23(29)30)16-22-17-27-24(20-10-4-2-5-11-20)25(28-22)21-12-6-3-7-13-21/h2-7,10-13,17,19,26H,8-9,14-16,18H2,1H3,(H,29,30). The number of ether oxygens (including phenoxy) is 1. The van der Waals surface area contributed by atoms with Gasteiger partial charge in [-0.15, -0.1) is 0 Å². The number of unbranched alkanes of at least 4 members (excludes halogenated alkanes) is 1. The van der Waals surface area contributed by atoms with Crippen LogP contribution in [0.4, 0.5) is 0 Å². The second-order valence-electron chi connectivity index (χ2n) is 7.50. The Labute approximate surface area is 183 Å². The highest BCUT2D eigenvalue weighted by Gasteiger charge is 2.13. The van der Waals surface area contributed by atoms with E-state index in [9.17, 15) is 4.79 Å². The molecule has 0 bridgehead atoms. The van der Waals surface area contributed by atoms with Gasteiger partial charge < -0.3 is 15.2 Å². The molecule has 2 N–H and O–H groups in total. The molecular formula is C25H29N3O3. The van der Waals surface area contributed by atoms with Gasteiger partial charge in [-0.05, 0) is 26.3 Å². The molecule has 3 rings (SSSR count). The third kappa shape index (κ3) is 7.27. The third-order valence-corrected chi connectivity index (χ3v) is 4.87. The number of aliphatic carboxylic acids is 1. The molecule has 6 nitrogen and oxygen atoms in total. The van der Waals surface area contributed by atoms with Crippen LogP contribution in [0.15, 0.2) is 66.9 Å². The number of carbonyl (C=O) groups is 1. The second kappa shape index (κ2) is 11.9. The van der Waals surface area contributed by atoms with E-state index in [1.165, 1.54) is 0 Å². The molecule has 0 fully saturated rings. The number of hydrogen-bond donors (Lipinski definition) is 2. The van der Waals surface area contributed by atoms with E-state index in [2.05, 4.69) is 36.5 Å². The van der Waals surface area contributed by atoms with Gasteiger partial charge in [-0.3, -0.25) is 4.98 Å². The number of nitrogens with zero attached hydrogens (tertiary/aromatic N) is 2. The van der Waals surface area contributed by atoms with Gasteiger partial charge in [-0.2, -0.15) is 0 Å². The number of carboxylic acid groups (broad SMARTS) is 1. The highest BCUT2D eigenvalue weighted by atomic mass is 16.5. The summed E-state index contributed by atoms with van der Waals surface area (Å²) in [5.74, 6) is -0.930. The molecule has 0 saturated heterocycles. The van der Waals surface area contributed by atoms with Crippen LogP contribution < -0.4 is 5.32 Å². The first-order chi connectivity index (χ1) is 15.1. The van der Waals surface area contributed by atoms with E-state index >= 15 is 0 Å². The summed E-state index contributed by atoms with van der Waals surface area (Å²) in [7, 11) is 0. The lowest BCUT2D eigenvalue weighted by atomic mass is 10.0. The first kappa shape index (κ1) is 22.6. The Morgan fingerprint density at radius 3 is 2.29 bits per heavy atom. The zero-order valence-corrected chi connectivity index (χ0v) is 17.8. The lowest BCUT2D eigenvalue weighted by Crippen LogP contribution is -2.29. The number of nitrogens with one attached hydrogen (secondary N) is 1. The van der Waals surface area contributed by atoms with Crippen LogP contribution in [0.5, 0.6) is 0 Å². The van der Waals surface area contributed by atoms with Crippen LogP contribution in [-0.4, -0.2) is 46.8 Å². The Bertz CT molecular complexity index is 949. The monoisotopic (exact) mass is 419 g/mol. The van der Waals surface area contributed by atoms with E-state index < -0.39 is 5.97 Å². The maximum atomic E-state index is 10.4. The average molecular weight is 420 g/mol. The zero-order chi connectivity index (χ0) is 21.9. The minimum absolute atomic E-state index is 0.231. The van der Waals surface area contributed by atoms with Gasteiger partial charge in [0, 0.05) is 36.4 Å². The van der Waals surface area contributed by atoms with Crippen molar-refractivity contribution in [2.24, 2.45) is 0 Å². The first-order valence-corrected chi connectivity index (χ1v) is 10.6. The molecule has 0 aliphatic rings. The number of hydrogen-bond acceptors (Lipinski definition) is 5. The molecule has 31 heavy (non-hydrogen) atoms. The van der Waals surface area contributed by atoms with E-state index in [-0.39, 0.29) is 12.6 Å². The smallest absolute Gasteiger partial charge is 0.329 e. The maximum Gasteiger partial charge on any atom is 0.329 e. The molecule has 0 aliphatic heterocycles. The molecule has 0 amide bonds. The highest BCUT2D eigenvalue weighted by molar-refractivity contribution is 5.77. The molecule has 2 aromatic carbocycles. The van der Waals surface area contributed by atoms with Crippen molar-refractivity contribution in [3.8, 4) is 22.5 Å². The predicted molar refractivity (Wildman–Crippen MR) is 122 cm³/mol. The maximum absolute atomic E-state index is 10.4. The van der Waals surface area contributed by atoms with E-state index in [1.54, 1.807) is 0 Å². The van der Waals surface area contributed by atoms with Crippen molar-refractivity contribution in [1.82, 2.24) is 15.3 Å². The van der Waals surface area contributed by atoms with E-state index in [0.717, 1.165) is 54.0 Å². The van der Waals surface area contributed by atoms with Crippen molar-refractivity contribution in [3.63, 3.8) is 0 Å². The van der Waals surface area contributed by atoms with Crippen molar-refractivity contribution in [2.75, 3.05) is 19.8 Å². The summed E-state index contributed by atoms with van der Waals surface area (Å²) in [6, 6.07) is 20.5. The van der Waals surface area contributed by atoms with Crippen LogP contribution in [0.2, 0.25) is 0 Å². The van der Waals surface area contributed by atoms with Crippen molar-refractivity contribution in [1.29, 1.82) is 0 Å². The van der Waals surface area contributed by atoms with Gasteiger partial charge in [0.25, 0.3) is 0 Å². The number of rotatable bonds is 12. The second-order valence-corrected chi connectivity index (χ2v) is 7.50. The highest BCUT2D eigenvalue weighted by Crippen LogP contribution is 2.28. The average Bonchev–Trinajstić information content (AvgIpc) is 2.79. The molecule has 0 saturated carbocycles.